The zero-order chi connectivity index (χ0) is 19.6. The van der Waals surface area contributed by atoms with E-state index in [0.29, 0.717) is 44.0 Å². The molecule has 0 fully saturated rings. The molecule has 0 unspecified atom stereocenters. The summed E-state index contributed by atoms with van der Waals surface area (Å²) in [6.45, 7) is 6.88. The number of hydrogen-bond donors (Lipinski definition) is 3. The minimum absolute atomic E-state index is 0. The summed E-state index contributed by atoms with van der Waals surface area (Å²) in [4.78, 5) is 15.5. The lowest BCUT2D eigenvalue weighted by molar-refractivity contribution is 0.0527. The fraction of sp³-hybridized carbons (Fsp3) is 0.556. The number of halogens is 3. The molecule has 0 heterocycles. The summed E-state index contributed by atoms with van der Waals surface area (Å²) in [6.07, 6.45) is 0.570. The summed E-state index contributed by atoms with van der Waals surface area (Å²) in [7, 11) is 1.62. The Morgan fingerprint density at radius 2 is 1.74 bits per heavy atom. The van der Waals surface area contributed by atoms with Gasteiger partial charge in [-0.05, 0) is 45.2 Å². The molecular formula is C18H29F2IN4O2. The van der Waals surface area contributed by atoms with Gasteiger partial charge < -0.3 is 20.7 Å². The number of ether oxygens (including phenoxy) is 1. The van der Waals surface area contributed by atoms with Gasteiger partial charge in [0.15, 0.2) is 17.6 Å². The molecule has 0 aliphatic heterocycles. The molecule has 0 saturated carbocycles. The molecular weight excluding hydrogens is 469 g/mol. The number of carbonyl (C=O) groups excluding carboxylic acids is 1. The van der Waals surface area contributed by atoms with E-state index in [1.54, 1.807) is 33.9 Å². The molecule has 0 aliphatic carbocycles. The van der Waals surface area contributed by atoms with Crippen molar-refractivity contribution in [2.24, 2.45) is 4.99 Å². The molecule has 0 saturated heterocycles. The third-order valence-electron chi connectivity index (χ3n) is 3.26. The molecule has 0 spiro atoms. The highest BCUT2D eigenvalue weighted by molar-refractivity contribution is 14.0. The predicted octanol–water partition coefficient (Wildman–Crippen LogP) is 3.21. The van der Waals surface area contributed by atoms with Crippen LogP contribution in [0.25, 0.3) is 0 Å². The fourth-order valence-corrected chi connectivity index (χ4v) is 2.08. The number of aliphatic imine (C=N–C) groups is 1. The van der Waals surface area contributed by atoms with Crippen LogP contribution < -0.4 is 16.0 Å². The lowest BCUT2D eigenvalue weighted by Crippen LogP contribution is -2.40. The second kappa shape index (κ2) is 12.7. The Bertz CT molecular complexity index is 622. The number of nitrogens with one attached hydrogen (secondary N) is 3. The van der Waals surface area contributed by atoms with Gasteiger partial charge in [-0.25, -0.2) is 13.6 Å². The lowest BCUT2D eigenvalue weighted by atomic mass is 10.1. The zero-order valence-corrected chi connectivity index (χ0v) is 18.5. The van der Waals surface area contributed by atoms with Gasteiger partial charge in [-0.1, -0.05) is 12.1 Å². The van der Waals surface area contributed by atoms with E-state index < -0.39 is 23.3 Å². The average molecular weight is 498 g/mol. The molecule has 3 N–H and O–H groups in total. The van der Waals surface area contributed by atoms with E-state index >= 15 is 0 Å². The van der Waals surface area contributed by atoms with Gasteiger partial charge in [0.05, 0.1) is 0 Å². The Labute approximate surface area is 176 Å². The minimum Gasteiger partial charge on any atom is -0.444 e. The Morgan fingerprint density at radius 1 is 1.11 bits per heavy atom. The molecule has 0 aliphatic rings. The first-order valence-corrected chi connectivity index (χ1v) is 8.57. The quantitative estimate of drug-likeness (QED) is 0.234. The van der Waals surface area contributed by atoms with Gasteiger partial charge in [0.25, 0.3) is 0 Å². The summed E-state index contributed by atoms with van der Waals surface area (Å²) >= 11 is 0. The zero-order valence-electron chi connectivity index (χ0n) is 16.2. The SMILES string of the molecule is CN=C(NCCCNC(=O)OC(C)(C)C)NCCc1cccc(F)c1F.I. The third-order valence-corrected chi connectivity index (χ3v) is 3.26. The average Bonchev–Trinajstić information content (AvgIpc) is 2.55. The molecule has 154 valence electrons. The highest BCUT2D eigenvalue weighted by atomic mass is 127. The topological polar surface area (TPSA) is 74.8 Å². The normalized spacial score (nSPS) is 11.4. The molecule has 1 aromatic rings. The number of guanidine groups is 1. The molecule has 0 aromatic heterocycles. The highest BCUT2D eigenvalue weighted by Gasteiger charge is 2.15. The van der Waals surface area contributed by atoms with Crippen molar-refractivity contribution >= 4 is 36.0 Å². The molecule has 27 heavy (non-hydrogen) atoms. The van der Waals surface area contributed by atoms with Crippen molar-refractivity contribution in [3.05, 3.63) is 35.4 Å². The second-order valence-electron chi connectivity index (χ2n) is 6.67. The first-order valence-electron chi connectivity index (χ1n) is 8.57. The molecule has 6 nitrogen and oxygen atoms in total. The van der Waals surface area contributed by atoms with E-state index in [-0.39, 0.29) is 24.0 Å². The smallest absolute Gasteiger partial charge is 0.407 e. The van der Waals surface area contributed by atoms with Crippen LogP contribution in [0.5, 0.6) is 0 Å². The summed E-state index contributed by atoms with van der Waals surface area (Å²) in [6, 6.07) is 4.13. The standard InChI is InChI=1S/C18H28F2N4O2.HI/c1-18(2,3)26-17(25)24-11-6-10-22-16(21-4)23-12-9-13-7-5-8-14(19)15(13)20;/h5,7-8H,6,9-12H2,1-4H3,(H,24,25)(H2,21,22,23);1H. The maximum atomic E-state index is 13.6. The van der Waals surface area contributed by atoms with Gasteiger partial charge in [-0.3, -0.25) is 4.99 Å². The summed E-state index contributed by atoms with van der Waals surface area (Å²) in [5.74, 6) is -1.10. The van der Waals surface area contributed by atoms with Gasteiger partial charge in [-0.2, -0.15) is 0 Å². The van der Waals surface area contributed by atoms with E-state index in [9.17, 15) is 13.6 Å². The van der Waals surface area contributed by atoms with Crippen LogP contribution in [0.15, 0.2) is 23.2 Å². The van der Waals surface area contributed by atoms with Crippen LogP contribution in [0.1, 0.15) is 32.8 Å². The van der Waals surface area contributed by atoms with Crippen LogP contribution >= 0.6 is 24.0 Å². The summed E-state index contributed by atoms with van der Waals surface area (Å²) < 4.78 is 31.9. The minimum atomic E-state index is -0.845. The third kappa shape index (κ3) is 10.9. The van der Waals surface area contributed by atoms with Crippen molar-refractivity contribution in [2.75, 3.05) is 26.7 Å². The van der Waals surface area contributed by atoms with Gasteiger partial charge in [0.2, 0.25) is 0 Å². The molecule has 9 heteroatoms. The van der Waals surface area contributed by atoms with Crippen molar-refractivity contribution < 1.29 is 18.3 Å². The second-order valence-corrected chi connectivity index (χ2v) is 6.67. The molecule has 1 amide bonds. The number of nitrogens with zero attached hydrogens (tertiary/aromatic N) is 1. The van der Waals surface area contributed by atoms with E-state index in [0.717, 1.165) is 6.07 Å². The van der Waals surface area contributed by atoms with Crippen molar-refractivity contribution in [1.82, 2.24) is 16.0 Å². The molecule has 0 bridgehead atoms. The lowest BCUT2D eigenvalue weighted by Gasteiger charge is -2.19. The van der Waals surface area contributed by atoms with Gasteiger partial charge in [-0.15, -0.1) is 24.0 Å². The van der Waals surface area contributed by atoms with Crippen LogP contribution in [-0.4, -0.2) is 44.3 Å². The Morgan fingerprint density at radius 3 is 2.37 bits per heavy atom. The molecule has 1 aromatic carbocycles. The first-order chi connectivity index (χ1) is 12.2. The predicted molar refractivity (Wildman–Crippen MR) is 114 cm³/mol. The van der Waals surface area contributed by atoms with Gasteiger partial charge >= 0.3 is 6.09 Å². The van der Waals surface area contributed by atoms with Crippen molar-refractivity contribution in [3.8, 4) is 0 Å². The van der Waals surface area contributed by atoms with Gasteiger partial charge in [0.1, 0.15) is 5.60 Å². The maximum absolute atomic E-state index is 13.6. The fourth-order valence-electron chi connectivity index (χ4n) is 2.08. The van der Waals surface area contributed by atoms with Crippen LogP contribution in [0.3, 0.4) is 0 Å². The van der Waals surface area contributed by atoms with Gasteiger partial charge in [0, 0.05) is 26.7 Å². The maximum Gasteiger partial charge on any atom is 0.407 e. The first kappa shape index (κ1) is 25.4. The van der Waals surface area contributed by atoms with Crippen LogP contribution in [0.2, 0.25) is 0 Å². The largest absolute Gasteiger partial charge is 0.444 e. The molecule has 0 atom stereocenters. The van der Waals surface area contributed by atoms with Crippen LogP contribution in [0, 0.1) is 11.6 Å². The number of benzene rings is 1. The van der Waals surface area contributed by atoms with Crippen LogP contribution in [-0.2, 0) is 11.2 Å². The Hall–Kier alpha value is -1.65. The van der Waals surface area contributed by atoms with E-state index in [4.69, 9.17) is 4.74 Å². The van der Waals surface area contributed by atoms with Crippen LogP contribution in [0.4, 0.5) is 13.6 Å². The number of carbonyl (C=O) groups is 1. The Kier molecular flexibility index (Phi) is 11.9. The summed E-state index contributed by atoms with van der Waals surface area (Å²) in [5.41, 5.74) is -0.204. The van der Waals surface area contributed by atoms with Crippen molar-refractivity contribution in [3.63, 3.8) is 0 Å². The number of rotatable bonds is 7. The van der Waals surface area contributed by atoms with Crippen molar-refractivity contribution in [2.45, 2.75) is 39.2 Å². The van der Waals surface area contributed by atoms with E-state index in [1.165, 1.54) is 6.07 Å². The Balaban J connectivity index is 0.00000676. The molecule has 1 rings (SSSR count). The van der Waals surface area contributed by atoms with Crippen molar-refractivity contribution in [1.29, 1.82) is 0 Å². The summed E-state index contributed by atoms with van der Waals surface area (Å²) in [5, 5.41) is 8.78. The molecule has 0 radical (unpaired) electrons. The highest BCUT2D eigenvalue weighted by Crippen LogP contribution is 2.11. The number of alkyl carbamates (subject to hydrolysis) is 1. The monoisotopic (exact) mass is 498 g/mol. The number of amides is 1. The van der Waals surface area contributed by atoms with E-state index in [1.807, 2.05) is 0 Å². The van der Waals surface area contributed by atoms with E-state index in [2.05, 4.69) is 20.9 Å². The number of hydrogen-bond acceptors (Lipinski definition) is 3.